The Morgan fingerprint density at radius 1 is 1.00 bits per heavy atom. The summed E-state index contributed by atoms with van der Waals surface area (Å²) in [4.78, 5) is 29.2. The molecule has 6 heteroatoms. The van der Waals surface area contributed by atoms with E-state index in [2.05, 4.69) is 10.2 Å². The first-order valence-corrected chi connectivity index (χ1v) is 8.67. The number of piperidine rings is 1. The number of hydrogen-bond donors (Lipinski definition) is 2. The first-order valence-electron chi connectivity index (χ1n) is 8.67. The van der Waals surface area contributed by atoms with Crippen molar-refractivity contribution in [2.45, 2.75) is 44.6 Å². The summed E-state index contributed by atoms with van der Waals surface area (Å²) >= 11 is 0. The van der Waals surface area contributed by atoms with Crippen LogP contribution in [-0.4, -0.2) is 66.9 Å². The normalized spacial score (nSPS) is 27.0. The zero-order valence-electron chi connectivity index (χ0n) is 13.4. The van der Waals surface area contributed by atoms with E-state index in [9.17, 15) is 9.59 Å². The fourth-order valence-electron chi connectivity index (χ4n) is 4.33. The molecular formula is C16H28N4O2. The lowest BCUT2D eigenvalue weighted by atomic mass is 9.83. The van der Waals surface area contributed by atoms with Crippen LogP contribution in [0.1, 0.15) is 38.5 Å². The molecule has 6 nitrogen and oxygen atoms in total. The zero-order chi connectivity index (χ0) is 15.6. The van der Waals surface area contributed by atoms with Crippen molar-refractivity contribution in [1.29, 1.82) is 0 Å². The summed E-state index contributed by atoms with van der Waals surface area (Å²) in [6.45, 7) is 5.85. The molecule has 1 aliphatic carbocycles. The van der Waals surface area contributed by atoms with E-state index in [4.69, 9.17) is 5.73 Å². The molecule has 2 amide bonds. The molecule has 0 spiro atoms. The van der Waals surface area contributed by atoms with Gasteiger partial charge in [-0.3, -0.25) is 14.5 Å². The van der Waals surface area contributed by atoms with E-state index < -0.39 is 11.3 Å². The quantitative estimate of drug-likeness (QED) is 0.715. The molecule has 124 valence electrons. The van der Waals surface area contributed by atoms with Gasteiger partial charge in [-0.1, -0.05) is 12.8 Å². The lowest BCUT2D eigenvalue weighted by Gasteiger charge is -2.42. The van der Waals surface area contributed by atoms with Crippen LogP contribution in [0.4, 0.5) is 0 Å². The maximum atomic E-state index is 12.8. The number of hydrogen-bond acceptors (Lipinski definition) is 4. The summed E-state index contributed by atoms with van der Waals surface area (Å²) in [5.41, 5.74) is 4.68. The Hall–Kier alpha value is -1.14. The molecule has 0 atom stereocenters. The van der Waals surface area contributed by atoms with Crippen LogP contribution in [0.3, 0.4) is 0 Å². The third-order valence-electron chi connectivity index (χ3n) is 5.76. The van der Waals surface area contributed by atoms with E-state index in [1.54, 1.807) is 0 Å². The standard InChI is InChI=1S/C16H28N4O2/c17-14(21)16(5-1-2-6-16)15(22)20-9-3-13(4-10-20)19-11-7-18-8-12-19/h13,18H,1-12H2,(H2,17,21). The van der Waals surface area contributed by atoms with Crippen molar-refractivity contribution in [3.05, 3.63) is 0 Å². The summed E-state index contributed by atoms with van der Waals surface area (Å²) in [6.07, 6.45) is 5.18. The Morgan fingerprint density at radius 3 is 2.14 bits per heavy atom. The number of nitrogens with zero attached hydrogens (tertiary/aromatic N) is 2. The van der Waals surface area contributed by atoms with Crippen molar-refractivity contribution in [2.24, 2.45) is 11.1 Å². The molecule has 0 radical (unpaired) electrons. The molecule has 3 fully saturated rings. The van der Waals surface area contributed by atoms with E-state index in [0.29, 0.717) is 18.9 Å². The van der Waals surface area contributed by atoms with Crippen LogP contribution < -0.4 is 11.1 Å². The van der Waals surface area contributed by atoms with E-state index in [0.717, 1.165) is 65.0 Å². The second-order valence-electron chi connectivity index (χ2n) is 6.96. The molecule has 0 aromatic rings. The zero-order valence-corrected chi connectivity index (χ0v) is 13.4. The first-order chi connectivity index (χ1) is 10.6. The van der Waals surface area contributed by atoms with Crippen LogP contribution in [0.5, 0.6) is 0 Å². The average Bonchev–Trinajstić information content (AvgIpc) is 3.06. The number of amides is 2. The number of primary amides is 1. The minimum absolute atomic E-state index is 0.00346. The van der Waals surface area contributed by atoms with E-state index in [1.807, 2.05) is 4.90 Å². The number of carbonyl (C=O) groups is 2. The second-order valence-corrected chi connectivity index (χ2v) is 6.96. The predicted octanol–water partition coefficient (Wildman–Crippen LogP) is -0.0717. The Bertz CT molecular complexity index is 420. The number of rotatable bonds is 3. The summed E-state index contributed by atoms with van der Waals surface area (Å²) in [7, 11) is 0. The Kier molecular flexibility index (Phi) is 4.68. The third kappa shape index (κ3) is 2.86. The third-order valence-corrected chi connectivity index (χ3v) is 5.76. The van der Waals surface area contributed by atoms with Crippen molar-refractivity contribution < 1.29 is 9.59 Å². The van der Waals surface area contributed by atoms with Gasteiger partial charge in [-0.2, -0.15) is 0 Å². The topological polar surface area (TPSA) is 78.7 Å². The van der Waals surface area contributed by atoms with Crippen LogP contribution in [0.25, 0.3) is 0 Å². The van der Waals surface area contributed by atoms with E-state index in [1.165, 1.54) is 0 Å². The van der Waals surface area contributed by atoms with Gasteiger partial charge in [-0.05, 0) is 25.7 Å². The first kappa shape index (κ1) is 15.7. The lowest BCUT2D eigenvalue weighted by molar-refractivity contribution is -0.150. The predicted molar refractivity (Wildman–Crippen MR) is 84.1 cm³/mol. The van der Waals surface area contributed by atoms with Crippen molar-refractivity contribution in [2.75, 3.05) is 39.3 Å². The van der Waals surface area contributed by atoms with Crippen LogP contribution in [0.2, 0.25) is 0 Å². The lowest BCUT2D eigenvalue weighted by Crippen LogP contribution is -2.56. The molecule has 0 aromatic heterocycles. The van der Waals surface area contributed by atoms with Crippen molar-refractivity contribution in [3.63, 3.8) is 0 Å². The minimum atomic E-state index is -0.901. The maximum Gasteiger partial charge on any atom is 0.238 e. The number of likely N-dealkylation sites (tertiary alicyclic amines) is 1. The van der Waals surface area contributed by atoms with Gasteiger partial charge in [-0.15, -0.1) is 0 Å². The van der Waals surface area contributed by atoms with E-state index >= 15 is 0 Å². The Balaban J connectivity index is 1.58. The Labute approximate surface area is 132 Å². The molecule has 3 N–H and O–H groups in total. The van der Waals surface area contributed by atoms with Gasteiger partial charge in [-0.25, -0.2) is 0 Å². The Morgan fingerprint density at radius 2 is 1.59 bits per heavy atom. The molecule has 1 saturated carbocycles. The molecule has 3 rings (SSSR count). The summed E-state index contributed by atoms with van der Waals surface area (Å²) < 4.78 is 0. The molecule has 3 aliphatic rings. The number of piperazine rings is 1. The fraction of sp³-hybridized carbons (Fsp3) is 0.875. The molecule has 22 heavy (non-hydrogen) atoms. The van der Waals surface area contributed by atoms with Gasteiger partial charge in [0.1, 0.15) is 5.41 Å². The monoisotopic (exact) mass is 308 g/mol. The molecular weight excluding hydrogens is 280 g/mol. The highest BCUT2D eigenvalue weighted by Gasteiger charge is 2.49. The van der Waals surface area contributed by atoms with Gasteiger partial charge in [0.15, 0.2) is 0 Å². The molecule has 0 bridgehead atoms. The average molecular weight is 308 g/mol. The van der Waals surface area contributed by atoms with Crippen molar-refractivity contribution >= 4 is 11.8 Å². The van der Waals surface area contributed by atoms with E-state index in [-0.39, 0.29) is 5.91 Å². The van der Waals surface area contributed by atoms with Gasteiger partial charge in [0.2, 0.25) is 11.8 Å². The smallest absolute Gasteiger partial charge is 0.238 e. The summed E-state index contributed by atoms with van der Waals surface area (Å²) in [5, 5.41) is 3.38. The molecule has 2 heterocycles. The summed E-state index contributed by atoms with van der Waals surface area (Å²) in [6, 6.07) is 0.583. The number of carbonyl (C=O) groups excluding carboxylic acids is 2. The summed E-state index contributed by atoms with van der Waals surface area (Å²) in [5.74, 6) is -0.421. The van der Waals surface area contributed by atoms with Crippen molar-refractivity contribution in [3.8, 4) is 0 Å². The second kappa shape index (κ2) is 6.54. The highest BCUT2D eigenvalue weighted by Crippen LogP contribution is 2.40. The van der Waals surface area contributed by atoms with Crippen LogP contribution in [0, 0.1) is 5.41 Å². The highest BCUT2D eigenvalue weighted by atomic mass is 16.2. The van der Waals surface area contributed by atoms with Crippen LogP contribution in [-0.2, 0) is 9.59 Å². The molecule has 2 saturated heterocycles. The maximum absolute atomic E-state index is 12.8. The van der Waals surface area contributed by atoms with Gasteiger partial charge in [0, 0.05) is 45.3 Å². The fourth-order valence-corrected chi connectivity index (χ4v) is 4.33. The largest absolute Gasteiger partial charge is 0.369 e. The van der Waals surface area contributed by atoms with Crippen LogP contribution in [0.15, 0.2) is 0 Å². The van der Waals surface area contributed by atoms with Gasteiger partial charge in [0.05, 0.1) is 0 Å². The number of nitrogens with one attached hydrogen (secondary N) is 1. The minimum Gasteiger partial charge on any atom is -0.369 e. The van der Waals surface area contributed by atoms with Gasteiger partial charge in [0.25, 0.3) is 0 Å². The number of nitrogens with two attached hydrogens (primary N) is 1. The SMILES string of the molecule is NC(=O)C1(C(=O)N2CCC(N3CCNCC3)CC2)CCCC1. The van der Waals surface area contributed by atoms with Gasteiger partial charge < -0.3 is 16.0 Å². The van der Waals surface area contributed by atoms with Crippen molar-refractivity contribution in [1.82, 2.24) is 15.1 Å². The van der Waals surface area contributed by atoms with Crippen LogP contribution >= 0.6 is 0 Å². The molecule has 2 aliphatic heterocycles. The highest BCUT2D eigenvalue weighted by molar-refractivity contribution is 6.04. The molecule has 0 aromatic carbocycles. The molecule has 0 unspecified atom stereocenters. The van der Waals surface area contributed by atoms with Gasteiger partial charge >= 0.3 is 0 Å².